The number of likely N-dealkylation sites (tertiary alicyclic amines) is 1. The first-order valence-corrected chi connectivity index (χ1v) is 13.9. The summed E-state index contributed by atoms with van der Waals surface area (Å²) < 4.78 is 82.7. The Morgan fingerprint density at radius 3 is 1.82 bits per heavy atom. The fraction of sp³-hybridized carbons (Fsp3) is 0.600. The topological polar surface area (TPSA) is 32.7 Å². The van der Waals surface area contributed by atoms with Gasteiger partial charge in [-0.3, -0.25) is 0 Å². The van der Waals surface area contributed by atoms with Crippen molar-refractivity contribution in [2.45, 2.75) is 83.7 Å². The summed E-state index contributed by atoms with van der Waals surface area (Å²) >= 11 is 0. The predicted molar refractivity (Wildman–Crippen MR) is 142 cm³/mol. The van der Waals surface area contributed by atoms with Crippen LogP contribution in [0.5, 0.6) is 5.75 Å². The highest BCUT2D eigenvalue weighted by Crippen LogP contribution is 2.47. The van der Waals surface area contributed by atoms with Crippen molar-refractivity contribution in [2.75, 3.05) is 26.2 Å². The lowest BCUT2D eigenvalue weighted by molar-refractivity contribution is -0.138. The SMILES string of the molecule is CC.CC.OC(CN1CCCC(COc2ccc(C(F)(F)F)cc2)C1)C1(c2ccc(C(F)(F)F)cc2)CCC1. The molecular formula is C30H41F6NO2. The largest absolute Gasteiger partial charge is 0.493 e. The first-order valence-electron chi connectivity index (χ1n) is 13.9. The zero-order valence-electron chi connectivity index (χ0n) is 23.2. The third kappa shape index (κ3) is 8.61. The summed E-state index contributed by atoms with van der Waals surface area (Å²) in [7, 11) is 0. The number of rotatable bonds is 7. The molecule has 9 heteroatoms. The average Bonchev–Trinajstić information content (AvgIpc) is 2.89. The normalized spacial score (nSPS) is 19.9. The lowest BCUT2D eigenvalue weighted by Crippen LogP contribution is -2.52. The minimum Gasteiger partial charge on any atom is -0.493 e. The summed E-state index contributed by atoms with van der Waals surface area (Å²) in [5.74, 6) is 0.549. The van der Waals surface area contributed by atoms with Crippen LogP contribution in [0.15, 0.2) is 48.5 Å². The molecule has 2 unspecified atom stereocenters. The number of β-amino-alcohol motifs (C(OH)–C–C–N with tert-alkyl or cyclic N) is 1. The number of hydrogen-bond donors (Lipinski definition) is 1. The van der Waals surface area contributed by atoms with Crippen molar-refractivity contribution in [3.05, 3.63) is 65.2 Å². The monoisotopic (exact) mass is 561 g/mol. The van der Waals surface area contributed by atoms with Gasteiger partial charge in [0.05, 0.1) is 23.8 Å². The van der Waals surface area contributed by atoms with E-state index in [-0.39, 0.29) is 5.92 Å². The van der Waals surface area contributed by atoms with Crippen molar-refractivity contribution < 1.29 is 36.2 Å². The van der Waals surface area contributed by atoms with E-state index in [2.05, 4.69) is 4.90 Å². The number of aliphatic hydroxyl groups is 1. The number of nitrogens with zero attached hydrogens (tertiary/aromatic N) is 1. The van der Waals surface area contributed by atoms with Crippen molar-refractivity contribution >= 4 is 0 Å². The Labute approximate surface area is 228 Å². The second kappa shape index (κ2) is 14.4. The van der Waals surface area contributed by atoms with Gasteiger partial charge in [0.1, 0.15) is 5.75 Å². The Kier molecular flexibility index (Phi) is 12.2. The van der Waals surface area contributed by atoms with Gasteiger partial charge in [0.25, 0.3) is 0 Å². The maximum Gasteiger partial charge on any atom is 0.416 e. The number of aliphatic hydroxyl groups excluding tert-OH is 1. The minimum absolute atomic E-state index is 0.168. The van der Waals surface area contributed by atoms with Crippen LogP contribution in [0.4, 0.5) is 26.3 Å². The van der Waals surface area contributed by atoms with E-state index < -0.39 is 35.0 Å². The van der Waals surface area contributed by atoms with Crippen LogP contribution in [-0.4, -0.2) is 42.4 Å². The van der Waals surface area contributed by atoms with Crippen LogP contribution in [-0.2, 0) is 17.8 Å². The zero-order valence-corrected chi connectivity index (χ0v) is 23.2. The molecule has 1 saturated heterocycles. The van der Waals surface area contributed by atoms with Gasteiger partial charge in [-0.25, -0.2) is 0 Å². The van der Waals surface area contributed by atoms with Crippen LogP contribution in [0.25, 0.3) is 0 Å². The molecule has 1 heterocycles. The second-order valence-electron chi connectivity index (χ2n) is 9.70. The summed E-state index contributed by atoms with van der Waals surface area (Å²) in [6.45, 7) is 10.3. The molecule has 1 aliphatic carbocycles. The van der Waals surface area contributed by atoms with E-state index in [1.807, 2.05) is 27.7 Å². The molecule has 2 aliphatic rings. The van der Waals surface area contributed by atoms with E-state index in [9.17, 15) is 31.4 Å². The van der Waals surface area contributed by atoms with E-state index in [0.29, 0.717) is 25.4 Å². The van der Waals surface area contributed by atoms with Gasteiger partial charge in [0.15, 0.2) is 0 Å². The van der Waals surface area contributed by atoms with Gasteiger partial charge in [-0.2, -0.15) is 26.3 Å². The first kappa shape index (κ1) is 32.9. The number of ether oxygens (including phenoxy) is 1. The average molecular weight is 562 g/mol. The molecule has 2 atom stereocenters. The third-order valence-corrected chi connectivity index (χ3v) is 7.37. The van der Waals surface area contributed by atoms with Crippen LogP contribution >= 0.6 is 0 Å². The van der Waals surface area contributed by atoms with Gasteiger partial charge in [-0.05, 0) is 74.2 Å². The molecule has 2 aromatic carbocycles. The van der Waals surface area contributed by atoms with Crippen LogP contribution in [0, 0.1) is 5.92 Å². The van der Waals surface area contributed by atoms with Gasteiger partial charge in [0.2, 0.25) is 0 Å². The fourth-order valence-electron chi connectivity index (χ4n) is 5.19. The summed E-state index contributed by atoms with van der Waals surface area (Å²) in [4.78, 5) is 2.15. The summed E-state index contributed by atoms with van der Waals surface area (Å²) in [6.07, 6.45) is -5.29. The highest BCUT2D eigenvalue weighted by atomic mass is 19.4. The maximum absolute atomic E-state index is 12.9. The van der Waals surface area contributed by atoms with Crippen LogP contribution in [0.1, 0.15) is 76.5 Å². The number of benzene rings is 2. The first-order chi connectivity index (χ1) is 18.5. The van der Waals surface area contributed by atoms with Crippen LogP contribution in [0.3, 0.4) is 0 Å². The number of alkyl halides is 6. The molecule has 2 fully saturated rings. The second-order valence-corrected chi connectivity index (χ2v) is 9.70. The Bertz CT molecular complexity index is 969. The van der Waals surface area contributed by atoms with Crippen LogP contribution in [0.2, 0.25) is 0 Å². The van der Waals surface area contributed by atoms with Gasteiger partial charge in [-0.15, -0.1) is 0 Å². The quantitative estimate of drug-likeness (QED) is 0.345. The minimum atomic E-state index is -4.39. The van der Waals surface area contributed by atoms with Crippen molar-refractivity contribution in [3.63, 3.8) is 0 Å². The Hall–Kier alpha value is -2.26. The molecule has 1 N–H and O–H groups in total. The molecule has 3 nitrogen and oxygen atoms in total. The molecule has 1 saturated carbocycles. The van der Waals surface area contributed by atoms with Crippen molar-refractivity contribution in [1.82, 2.24) is 4.90 Å². The maximum atomic E-state index is 12.9. The lowest BCUT2D eigenvalue weighted by Gasteiger charge is -2.48. The molecule has 0 radical (unpaired) electrons. The summed E-state index contributed by atoms with van der Waals surface area (Å²) in [5.41, 5.74) is -1.21. The molecule has 0 amide bonds. The van der Waals surface area contributed by atoms with Crippen LogP contribution < -0.4 is 4.74 Å². The number of piperidine rings is 1. The molecule has 1 aliphatic heterocycles. The third-order valence-electron chi connectivity index (χ3n) is 7.37. The number of halogens is 6. The molecule has 4 rings (SSSR count). The van der Waals surface area contributed by atoms with E-state index in [1.165, 1.54) is 24.3 Å². The van der Waals surface area contributed by atoms with Crippen molar-refractivity contribution in [2.24, 2.45) is 5.92 Å². The van der Waals surface area contributed by atoms with Gasteiger partial charge in [0, 0.05) is 24.4 Å². The summed E-state index contributed by atoms with van der Waals surface area (Å²) in [5, 5.41) is 11.2. The van der Waals surface area contributed by atoms with Gasteiger partial charge < -0.3 is 14.7 Å². The van der Waals surface area contributed by atoms with E-state index in [1.54, 1.807) is 0 Å². The lowest BCUT2D eigenvalue weighted by atomic mass is 9.61. The predicted octanol–water partition coefficient (Wildman–Crippen LogP) is 8.35. The molecule has 0 spiro atoms. The highest BCUT2D eigenvalue weighted by Gasteiger charge is 2.46. The van der Waals surface area contributed by atoms with Crippen molar-refractivity contribution in [3.8, 4) is 5.75 Å². The Morgan fingerprint density at radius 2 is 1.36 bits per heavy atom. The summed E-state index contributed by atoms with van der Waals surface area (Å²) in [6, 6.07) is 9.77. The molecule has 0 aromatic heterocycles. The smallest absolute Gasteiger partial charge is 0.416 e. The molecule has 2 aromatic rings. The fourth-order valence-corrected chi connectivity index (χ4v) is 5.19. The van der Waals surface area contributed by atoms with E-state index in [0.717, 1.165) is 68.5 Å². The molecular weight excluding hydrogens is 520 g/mol. The number of hydrogen-bond acceptors (Lipinski definition) is 3. The molecule has 220 valence electrons. The van der Waals surface area contributed by atoms with E-state index in [4.69, 9.17) is 4.74 Å². The zero-order chi connectivity index (χ0) is 29.3. The van der Waals surface area contributed by atoms with E-state index >= 15 is 0 Å². The standard InChI is InChI=1S/C26H29F6NO2.2C2H6/c27-25(28,29)20-6-4-19(5-7-20)24(12-2-13-24)23(34)16-33-14-1-3-18(15-33)17-35-22-10-8-21(9-11-22)26(30,31)32;2*1-2/h4-11,18,23,34H,1-3,12-17H2;2*1-2H3. The van der Waals surface area contributed by atoms with Gasteiger partial charge in [-0.1, -0.05) is 46.2 Å². The van der Waals surface area contributed by atoms with Crippen molar-refractivity contribution in [1.29, 1.82) is 0 Å². The molecule has 0 bridgehead atoms. The Balaban J connectivity index is 0.00000127. The Morgan fingerprint density at radius 1 is 0.846 bits per heavy atom. The van der Waals surface area contributed by atoms with Gasteiger partial charge >= 0.3 is 12.4 Å². The highest BCUT2D eigenvalue weighted by molar-refractivity contribution is 5.34. The molecule has 39 heavy (non-hydrogen) atoms.